The smallest absolute Gasteiger partial charge is 0.350 e. The highest BCUT2D eigenvalue weighted by atomic mass is 32.1. The molecular formula is C24H26N2O4S. The van der Waals surface area contributed by atoms with E-state index in [-0.39, 0.29) is 12.5 Å². The van der Waals surface area contributed by atoms with E-state index in [2.05, 4.69) is 17.2 Å². The number of anilines is 1. The van der Waals surface area contributed by atoms with Gasteiger partial charge in [-0.2, -0.15) is 0 Å². The Hall–Kier alpha value is -3.19. The zero-order valence-electron chi connectivity index (χ0n) is 17.7. The molecule has 7 heteroatoms. The van der Waals surface area contributed by atoms with E-state index in [9.17, 15) is 9.59 Å². The zero-order chi connectivity index (χ0) is 22.1. The maximum Gasteiger partial charge on any atom is 0.350 e. The fourth-order valence-electron chi connectivity index (χ4n) is 2.91. The highest BCUT2D eigenvalue weighted by molar-refractivity contribution is 7.18. The molecule has 0 aliphatic heterocycles. The van der Waals surface area contributed by atoms with Gasteiger partial charge in [-0.3, -0.25) is 10.1 Å². The summed E-state index contributed by atoms with van der Waals surface area (Å²) < 4.78 is 10.8. The second-order valence-corrected chi connectivity index (χ2v) is 7.82. The van der Waals surface area contributed by atoms with E-state index in [4.69, 9.17) is 9.47 Å². The average Bonchev–Trinajstić information content (AvgIpc) is 3.22. The molecule has 0 saturated heterocycles. The Morgan fingerprint density at radius 2 is 1.74 bits per heavy atom. The fraction of sp³-hybridized carbons (Fsp3) is 0.292. The Morgan fingerprint density at radius 1 is 1.00 bits per heavy atom. The van der Waals surface area contributed by atoms with Crippen LogP contribution in [0.4, 0.5) is 5.13 Å². The van der Waals surface area contributed by atoms with Gasteiger partial charge < -0.3 is 9.47 Å². The third kappa shape index (κ3) is 6.15. The third-order valence-electron chi connectivity index (χ3n) is 4.49. The first-order chi connectivity index (χ1) is 15.1. The predicted octanol–water partition coefficient (Wildman–Crippen LogP) is 5.81. The lowest BCUT2D eigenvalue weighted by molar-refractivity contribution is 0.0532. The van der Waals surface area contributed by atoms with Crippen LogP contribution >= 0.6 is 11.3 Å². The van der Waals surface area contributed by atoms with Crippen molar-refractivity contribution in [2.45, 2.75) is 33.1 Å². The summed E-state index contributed by atoms with van der Waals surface area (Å²) in [5.74, 6) is -0.0249. The van der Waals surface area contributed by atoms with E-state index in [0.29, 0.717) is 27.9 Å². The highest BCUT2D eigenvalue weighted by Gasteiger charge is 2.21. The summed E-state index contributed by atoms with van der Waals surface area (Å²) in [6.45, 7) is 4.83. The van der Waals surface area contributed by atoms with Gasteiger partial charge in [0.2, 0.25) is 0 Å². The number of hydrogen-bond donors (Lipinski definition) is 1. The number of aromatic nitrogens is 1. The standard InChI is InChI=1S/C24H26N2O4S/c1-3-5-9-16-30-19-14-12-18(13-15-19)22(27)26-24-25-20(17-10-7-6-8-11-17)21(31-24)23(28)29-4-2/h6-8,10-15H,3-5,9,16H2,1-2H3,(H,25,26,27). The molecule has 0 bridgehead atoms. The van der Waals surface area contributed by atoms with Gasteiger partial charge in [0.05, 0.1) is 18.9 Å². The van der Waals surface area contributed by atoms with Crippen molar-refractivity contribution >= 4 is 28.3 Å². The quantitative estimate of drug-likeness (QED) is 0.319. The van der Waals surface area contributed by atoms with Crippen molar-refractivity contribution in [2.75, 3.05) is 18.5 Å². The van der Waals surface area contributed by atoms with Gasteiger partial charge in [-0.25, -0.2) is 9.78 Å². The Balaban J connectivity index is 1.73. The number of ether oxygens (including phenoxy) is 2. The minimum Gasteiger partial charge on any atom is -0.494 e. The van der Waals surface area contributed by atoms with Gasteiger partial charge in [0, 0.05) is 11.1 Å². The summed E-state index contributed by atoms with van der Waals surface area (Å²) in [7, 11) is 0. The average molecular weight is 439 g/mol. The van der Waals surface area contributed by atoms with E-state index in [1.165, 1.54) is 0 Å². The van der Waals surface area contributed by atoms with Crippen LogP contribution < -0.4 is 10.1 Å². The zero-order valence-corrected chi connectivity index (χ0v) is 18.5. The van der Waals surface area contributed by atoms with Gasteiger partial charge in [-0.05, 0) is 37.6 Å². The number of amides is 1. The fourth-order valence-corrected chi connectivity index (χ4v) is 3.79. The number of rotatable bonds is 10. The second-order valence-electron chi connectivity index (χ2n) is 6.82. The van der Waals surface area contributed by atoms with E-state index in [0.717, 1.165) is 41.9 Å². The molecule has 0 atom stereocenters. The molecule has 3 aromatic rings. The van der Waals surface area contributed by atoms with Crippen LogP contribution in [-0.4, -0.2) is 30.1 Å². The normalized spacial score (nSPS) is 10.5. The Labute approximate surface area is 186 Å². The highest BCUT2D eigenvalue weighted by Crippen LogP contribution is 2.32. The molecule has 0 unspecified atom stereocenters. The molecule has 0 aliphatic carbocycles. The molecule has 0 radical (unpaired) electrons. The van der Waals surface area contributed by atoms with Gasteiger partial charge in [0.1, 0.15) is 10.6 Å². The molecule has 31 heavy (non-hydrogen) atoms. The van der Waals surface area contributed by atoms with E-state index < -0.39 is 5.97 Å². The molecule has 162 valence electrons. The first-order valence-corrected chi connectivity index (χ1v) is 11.2. The molecule has 1 heterocycles. The van der Waals surface area contributed by atoms with Gasteiger partial charge in [-0.15, -0.1) is 0 Å². The van der Waals surface area contributed by atoms with E-state index in [1.54, 1.807) is 31.2 Å². The predicted molar refractivity (Wildman–Crippen MR) is 123 cm³/mol. The molecule has 0 fully saturated rings. The first kappa shape index (κ1) is 22.5. The molecular weight excluding hydrogens is 412 g/mol. The Morgan fingerprint density at radius 3 is 2.42 bits per heavy atom. The van der Waals surface area contributed by atoms with Crippen molar-refractivity contribution in [3.8, 4) is 17.0 Å². The second kappa shape index (κ2) is 11.3. The molecule has 0 aliphatic rings. The number of unbranched alkanes of at least 4 members (excludes halogenated alkanes) is 2. The number of carbonyl (C=O) groups is 2. The molecule has 0 saturated carbocycles. The van der Waals surface area contributed by atoms with Gasteiger partial charge in [0.15, 0.2) is 5.13 Å². The van der Waals surface area contributed by atoms with Crippen molar-refractivity contribution < 1.29 is 19.1 Å². The van der Waals surface area contributed by atoms with Crippen LogP contribution in [0.3, 0.4) is 0 Å². The molecule has 2 aromatic carbocycles. The summed E-state index contributed by atoms with van der Waals surface area (Å²) in [6, 6.07) is 16.3. The maximum atomic E-state index is 12.7. The first-order valence-electron chi connectivity index (χ1n) is 10.4. The molecule has 1 amide bonds. The van der Waals surface area contributed by atoms with Crippen LogP contribution in [0.5, 0.6) is 5.75 Å². The minimum atomic E-state index is -0.455. The number of benzene rings is 2. The van der Waals surface area contributed by atoms with Gasteiger partial charge in [-0.1, -0.05) is 61.4 Å². The van der Waals surface area contributed by atoms with E-state index >= 15 is 0 Å². The van der Waals surface area contributed by atoms with Crippen molar-refractivity contribution in [3.63, 3.8) is 0 Å². The Bertz CT molecular complexity index is 1000. The van der Waals surface area contributed by atoms with E-state index in [1.807, 2.05) is 30.3 Å². The molecule has 6 nitrogen and oxygen atoms in total. The van der Waals surface area contributed by atoms with Crippen molar-refractivity contribution in [2.24, 2.45) is 0 Å². The lowest BCUT2D eigenvalue weighted by atomic mass is 10.1. The number of nitrogens with zero attached hydrogens (tertiary/aromatic N) is 1. The van der Waals surface area contributed by atoms with Crippen molar-refractivity contribution in [1.82, 2.24) is 4.98 Å². The van der Waals surface area contributed by atoms with Crippen LogP contribution in [-0.2, 0) is 4.74 Å². The lowest BCUT2D eigenvalue weighted by Crippen LogP contribution is -2.11. The number of esters is 1. The Kier molecular flexibility index (Phi) is 8.18. The van der Waals surface area contributed by atoms with Crippen LogP contribution in [0.2, 0.25) is 0 Å². The maximum absolute atomic E-state index is 12.7. The summed E-state index contributed by atoms with van der Waals surface area (Å²) >= 11 is 1.10. The van der Waals surface area contributed by atoms with Crippen LogP contribution in [0.1, 0.15) is 53.1 Å². The van der Waals surface area contributed by atoms with Crippen LogP contribution in [0, 0.1) is 0 Å². The molecule has 0 spiro atoms. The number of carbonyl (C=O) groups excluding carboxylic acids is 2. The van der Waals surface area contributed by atoms with Crippen LogP contribution in [0.15, 0.2) is 54.6 Å². The number of hydrogen-bond acceptors (Lipinski definition) is 6. The van der Waals surface area contributed by atoms with Crippen molar-refractivity contribution in [3.05, 3.63) is 65.0 Å². The summed E-state index contributed by atoms with van der Waals surface area (Å²) in [4.78, 5) is 29.9. The monoisotopic (exact) mass is 438 g/mol. The van der Waals surface area contributed by atoms with Gasteiger partial charge >= 0.3 is 5.97 Å². The summed E-state index contributed by atoms with van der Waals surface area (Å²) in [5.41, 5.74) is 1.76. The molecule has 1 aromatic heterocycles. The molecule has 1 N–H and O–H groups in total. The number of nitrogens with one attached hydrogen (secondary N) is 1. The van der Waals surface area contributed by atoms with Gasteiger partial charge in [0.25, 0.3) is 5.91 Å². The largest absolute Gasteiger partial charge is 0.494 e. The number of thiazole rings is 1. The lowest BCUT2D eigenvalue weighted by Gasteiger charge is -2.07. The third-order valence-corrected chi connectivity index (χ3v) is 5.44. The topological polar surface area (TPSA) is 77.5 Å². The SMILES string of the molecule is CCCCCOc1ccc(C(=O)Nc2nc(-c3ccccc3)c(C(=O)OCC)s2)cc1. The molecule has 3 rings (SSSR count). The van der Waals surface area contributed by atoms with Crippen molar-refractivity contribution in [1.29, 1.82) is 0 Å². The minimum absolute atomic E-state index is 0.263. The summed E-state index contributed by atoms with van der Waals surface area (Å²) in [6.07, 6.45) is 3.28. The summed E-state index contributed by atoms with van der Waals surface area (Å²) in [5, 5.41) is 3.12. The van der Waals surface area contributed by atoms with Crippen LogP contribution in [0.25, 0.3) is 11.3 Å².